The first kappa shape index (κ1) is 16.6. The molecular formula is C19H21N5O. The molecule has 0 spiro atoms. The zero-order valence-corrected chi connectivity index (χ0v) is 14.1. The van der Waals surface area contributed by atoms with Gasteiger partial charge in [-0.25, -0.2) is 9.97 Å². The third-order valence-electron chi connectivity index (χ3n) is 3.61. The first-order valence-corrected chi connectivity index (χ1v) is 8.14. The van der Waals surface area contributed by atoms with Gasteiger partial charge in [0.05, 0.1) is 6.61 Å². The van der Waals surface area contributed by atoms with Gasteiger partial charge < -0.3 is 21.1 Å². The van der Waals surface area contributed by atoms with Gasteiger partial charge in [-0.3, -0.25) is 0 Å². The van der Waals surface area contributed by atoms with Crippen molar-refractivity contribution in [3.05, 3.63) is 66.5 Å². The van der Waals surface area contributed by atoms with Crippen LogP contribution in [0.25, 0.3) is 0 Å². The van der Waals surface area contributed by atoms with Crippen LogP contribution in [0.15, 0.2) is 60.9 Å². The molecule has 1 aromatic heterocycles. The molecule has 0 radical (unpaired) electrons. The van der Waals surface area contributed by atoms with Gasteiger partial charge in [0, 0.05) is 12.2 Å². The fourth-order valence-corrected chi connectivity index (χ4v) is 2.36. The highest BCUT2D eigenvalue weighted by Crippen LogP contribution is 2.27. The Hall–Kier alpha value is -3.28. The van der Waals surface area contributed by atoms with Crippen LogP contribution < -0.4 is 21.1 Å². The number of hydrogen-bond acceptors (Lipinski definition) is 6. The van der Waals surface area contributed by atoms with E-state index in [1.807, 2.05) is 61.5 Å². The van der Waals surface area contributed by atoms with Crippen LogP contribution in [-0.2, 0) is 6.54 Å². The van der Waals surface area contributed by atoms with Gasteiger partial charge in [-0.2, -0.15) is 0 Å². The highest BCUT2D eigenvalue weighted by atomic mass is 16.5. The van der Waals surface area contributed by atoms with E-state index in [-0.39, 0.29) is 0 Å². The van der Waals surface area contributed by atoms with E-state index in [4.69, 9.17) is 10.5 Å². The van der Waals surface area contributed by atoms with E-state index in [0.717, 1.165) is 17.0 Å². The van der Waals surface area contributed by atoms with E-state index in [0.29, 0.717) is 30.5 Å². The molecular weight excluding hydrogens is 314 g/mol. The Labute approximate surface area is 147 Å². The molecule has 0 bridgehead atoms. The lowest BCUT2D eigenvalue weighted by molar-refractivity contribution is 0.340. The van der Waals surface area contributed by atoms with Crippen molar-refractivity contribution in [1.29, 1.82) is 0 Å². The quantitative estimate of drug-likeness (QED) is 0.609. The first-order chi connectivity index (χ1) is 12.3. The fourth-order valence-electron chi connectivity index (χ4n) is 2.36. The molecule has 0 aliphatic heterocycles. The smallest absolute Gasteiger partial charge is 0.159 e. The third kappa shape index (κ3) is 4.38. The predicted molar refractivity (Wildman–Crippen MR) is 101 cm³/mol. The first-order valence-electron chi connectivity index (χ1n) is 8.14. The maximum Gasteiger partial charge on any atom is 0.159 e. The molecule has 4 N–H and O–H groups in total. The van der Waals surface area contributed by atoms with Crippen molar-refractivity contribution in [2.45, 2.75) is 13.5 Å². The minimum absolute atomic E-state index is 0.479. The van der Waals surface area contributed by atoms with Crippen molar-refractivity contribution >= 4 is 23.0 Å². The standard InChI is InChI=1S/C19H21N5O/c1-2-25-16-10-8-15(9-11-16)24-19-17(20)18(22-13-23-19)21-12-14-6-4-3-5-7-14/h3-11,13H,2,12,20H2,1H3,(H2,21,22,23,24). The second-order valence-electron chi connectivity index (χ2n) is 5.41. The van der Waals surface area contributed by atoms with Gasteiger partial charge in [-0.15, -0.1) is 0 Å². The summed E-state index contributed by atoms with van der Waals surface area (Å²) >= 11 is 0. The van der Waals surface area contributed by atoms with Crippen molar-refractivity contribution in [1.82, 2.24) is 9.97 Å². The average molecular weight is 335 g/mol. The van der Waals surface area contributed by atoms with Gasteiger partial charge in [0.2, 0.25) is 0 Å². The van der Waals surface area contributed by atoms with Crippen LogP contribution in [0.1, 0.15) is 12.5 Å². The molecule has 0 aliphatic rings. The van der Waals surface area contributed by atoms with Crippen LogP contribution >= 0.6 is 0 Å². The molecule has 0 amide bonds. The van der Waals surface area contributed by atoms with Crippen molar-refractivity contribution in [3.63, 3.8) is 0 Å². The Morgan fingerprint density at radius 1 is 0.960 bits per heavy atom. The minimum Gasteiger partial charge on any atom is -0.494 e. The number of nitrogen functional groups attached to an aromatic ring is 1. The number of ether oxygens (including phenoxy) is 1. The third-order valence-corrected chi connectivity index (χ3v) is 3.61. The molecule has 25 heavy (non-hydrogen) atoms. The summed E-state index contributed by atoms with van der Waals surface area (Å²) in [6.07, 6.45) is 1.49. The van der Waals surface area contributed by atoms with E-state index in [9.17, 15) is 0 Å². The molecule has 6 nitrogen and oxygen atoms in total. The summed E-state index contributed by atoms with van der Waals surface area (Å²) in [5.41, 5.74) is 8.71. The molecule has 3 rings (SSSR count). The predicted octanol–water partition coefficient (Wildman–Crippen LogP) is 3.81. The summed E-state index contributed by atoms with van der Waals surface area (Å²) in [5.74, 6) is 2.00. The van der Waals surface area contributed by atoms with E-state index in [1.165, 1.54) is 6.33 Å². The largest absolute Gasteiger partial charge is 0.494 e. The SMILES string of the molecule is CCOc1ccc(Nc2ncnc(NCc3ccccc3)c2N)cc1. The molecule has 2 aromatic carbocycles. The van der Waals surface area contributed by atoms with Crippen molar-refractivity contribution in [3.8, 4) is 5.75 Å². The molecule has 6 heteroatoms. The Morgan fingerprint density at radius 2 is 1.68 bits per heavy atom. The number of nitrogens with one attached hydrogen (secondary N) is 2. The molecule has 1 heterocycles. The van der Waals surface area contributed by atoms with E-state index in [1.54, 1.807) is 0 Å². The van der Waals surface area contributed by atoms with Crippen molar-refractivity contribution in [2.24, 2.45) is 0 Å². The number of nitrogens with two attached hydrogens (primary N) is 1. The Bertz CT molecular complexity index is 806. The lowest BCUT2D eigenvalue weighted by Gasteiger charge is -2.13. The zero-order valence-electron chi connectivity index (χ0n) is 14.1. The number of anilines is 4. The lowest BCUT2D eigenvalue weighted by atomic mass is 10.2. The number of hydrogen-bond donors (Lipinski definition) is 3. The Morgan fingerprint density at radius 3 is 2.40 bits per heavy atom. The van der Waals surface area contributed by atoms with Gasteiger partial charge in [-0.1, -0.05) is 30.3 Å². The van der Waals surface area contributed by atoms with Crippen LogP contribution in [0.5, 0.6) is 5.75 Å². The lowest BCUT2D eigenvalue weighted by Crippen LogP contribution is -2.08. The number of benzene rings is 2. The van der Waals surface area contributed by atoms with Gasteiger partial charge in [0.15, 0.2) is 11.6 Å². The normalized spacial score (nSPS) is 10.3. The Balaban J connectivity index is 1.70. The highest BCUT2D eigenvalue weighted by molar-refractivity contribution is 5.77. The molecule has 0 unspecified atom stereocenters. The molecule has 0 saturated carbocycles. The second kappa shape index (κ2) is 8.01. The summed E-state index contributed by atoms with van der Waals surface area (Å²) in [5, 5.41) is 6.45. The Kier molecular flexibility index (Phi) is 5.31. The summed E-state index contributed by atoms with van der Waals surface area (Å²) in [4.78, 5) is 8.46. The summed E-state index contributed by atoms with van der Waals surface area (Å²) in [6, 6.07) is 17.7. The number of aromatic nitrogens is 2. The van der Waals surface area contributed by atoms with E-state index >= 15 is 0 Å². The molecule has 0 fully saturated rings. The molecule has 0 aliphatic carbocycles. The fraction of sp³-hybridized carbons (Fsp3) is 0.158. The molecule has 0 saturated heterocycles. The van der Waals surface area contributed by atoms with Crippen LogP contribution in [0.2, 0.25) is 0 Å². The number of rotatable bonds is 7. The molecule has 0 atom stereocenters. The van der Waals surface area contributed by atoms with Crippen molar-refractivity contribution < 1.29 is 4.74 Å². The van der Waals surface area contributed by atoms with Gasteiger partial charge >= 0.3 is 0 Å². The van der Waals surface area contributed by atoms with Gasteiger partial charge in [0.1, 0.15) is 17.8 Å². The van der Waals surface area contributed by atoms with Crippen molar-refractivity contribution in [2.75, 3.05) is 23.0 Å². The monoisotopic (exact) mass is 335 g/mol. The van der Waals surface area contributed by atoms with Gasteiger partial charge in [-0.05, 0) is 36.8 Å². The van der Waals surface area contributed by atoms with Crippen LogP contribution in [0.4, 0.5) is 23.0 Å². The number of nitrogens with zero attached hydrogens (tertiary/aromatic N) is 2. The second-order valence-corrected chi connectivity index (χ2v) is 5.41. The van der Waals surface area contributed by atoms with Gasteiger partial charge in [0.25, 0.3) is 0 Å². The summed E-state index contributed by atoms with van der Waals surface area (Å²) < 4.78 is 5.44. The maximum absolute atomic E-state index is 6.20. The highest BCUT2D eigenvalue weighted by Gasteiger charge is 2.08. The van der Waals surface area contributed by atoms with Crippen LogP contribution in [0.3, 0.4) is 0 Å². The van der Waals surface area contributed by atoms with Crippen LogP contribution in [0, 0.1) is 0 Å². The molecule has 128 valence electrons. The van der Waals surface area contributed by atoms with Crippen LogP contribution in [-0.4, -0.2) is 16.6 Å². The average Bonchev–Trinajstić information content (AvgIpc) is 2.65. The van der Waals surface area contributed by atoms with E-state index in [2.05, 4.69) is 20.6 Å². The summed E-state index contributed by atoms with van der Waals surface area (Å²) in [7, 11) is 0. The zero-order chi connectivity index (χ0) is 17.5. The topological polar surface area (TPSA) is 85.1 Å². The maximum atomic E-state index is 6.20. The summed E-state index contributed by atoms with van der Waals surface area (Å²) in [6.45, 7) is 3.24. The molecule has 3 aromatic rings. The minimum atomic E-state index is 0.479. The van der Waals surface area contributed by atoms with E-state index < -0.39 is 0 Å².